The Labute approximate surface area is 180 Å². The molecule has 2 N–H and O–H groups in total. The molecule has 0 radical (unpaired) electrons. The van der Waals surface area contributed by atoms with E-state index in [0.717, 1.165) is 31.2 Å². The Morgan fingerprint density at radius 3 is 2.75 bits per heavy atom. The largest absolute Gasteiger partial charge is 0.573 e. The lowest BCUT2D eigenvalue weighted by atomic mass is 9.96. The number of carbonyl (C=O) groups is 1. The smallest absolute Gasteiger partial charge is 0.445 e. The van der Waals surface area contributed by atoms with Crippen LogP contribution in [-0.2, 0) is 0 Å². The van der Waals surface area contributed by atoms with Gasteiger partial charge in [0.2, 0.25) is 0 Å². The lowest BCUT2D eigenvalue weighted by Crippen LogP contribution is -2.41. The van der Waals surface area contributed by atoms with E-state index in [4.69, 9.17) is 4.74 Å². The second-order valence-electron chi connectivity index (χ2n) is 7.18. The number of amides is 1. The molecular formula is C19H22F3N5O5. The Kier molecular flexibility index (Phi) is 7.51. The molecule has 1 aliphatic rings. The topological polar surface area (TPSA) is 123 Å². The number of hydrogen-bond acceptors (Lipinski definition) is 7. The van der Waals surface area contributed by atoms with Gasteiger partial charge in [0.15, 0.2) is 0 Å². The molecule has 0 aliphatic carbocycles. The molecule has 174 valence electrons. The summed E-state index contributed by atoms with van der Waals surface area (Å²) < 4.78 is 46.3. The Morgan fingerprint density at radius 1 is 1.34 bits per heavy atom. The van der Waals surface area contributed by atoms with Crippen LogP contribution in [0.4, 0.5) is 19.0 Å². The van der Waals surface area contributed by atoms with Crippen molar-refractivity contribution in [2.45, 2.75) is 19.2 Å². The molecule has 32 heavy (non-hydrogen) atoms. The summed E-state index contributed by atoms with van der Waals surface area (Å²) in [5, 5.41) is 13.8. The third-order valence-corrected chi connectivity index (χ3v) is 4.89. The molecule has 1 aromatic carbocycles. The third-order valence-electron chi connectivity index (χ3n) is 4.89. The molecule has 0 atom stereocenters. The van der Waals surface area contributed by atoms with Crippen LogP contribution in [0, 0.1) is 16.0 Å². The lowest BCUT2D eigenvalue weighted by Gasteiger charge is -2.32. The summed E-state index contributed by atoms with van der Waals surface area (Å²) in [6.07, 6.45) is -2.16. The van der Waals surface area contributed by atoms with Crippen molar-refractivity contribution in [1.29, 1.82) is 0 Å². The van der Waals surface area contributed by atoms with Gasteiger partial charge in [-0.05, 0) is 48.4 Å². The summed E-state index contributed by atoms with van der Waals surface area (Å²) in [6.45, 7) is 2.50. The molecule has 0 saturated carbocycles. The van der Waals surface area contributed by atoms with Crippen LogP contribution in [0.25, 0.3) is 0 Å². The van der Waals surface area contributed by atoms with Crippen LogP contribution in [0.5, 0.6) is 11.8 Å². The van der Waals surface area contributed by atoms with Crippen LogP contribution in [0.1, 0.15) is 23.2 Å². The summed E-state index contributed by atoms with van der Waals surface area (Å²) in [4.78, 5) is 30.4. The fourth-order valence-electron chi connectivity index (χ4n) is 3.34. The van der Waals surface area contributed by atoms with E-state index in [1.807, 2.05) is 0 Å². The number of nitrogens with zero attached hydrogens (tertiary/aromatic N) is 3. The molecule has 2 aromatic rings. The van der Waals surface area contributed by atoms with Crippen LogP contribution in [-0.4, -0.2) is 64.8 Å². The minimum Gasteiger partial charge on any atom is -0.445 e. The van der Waals surface area contributed by atoms with Gasteiger partial charge in [0.1, 0.15) is 18.6 Å². The number of hydrogen-bond donors (Lipinski definition) is 2. The van der Waals surface area contributed by atoms with Crippen LogP contribution in [0.15, 0.2) is 30.5 Å². The van der Waals surface area contributed by atoms with E-state index in [9.17, 15) is 28.1 Å². The van der Waals surface area contributed by atoms with E-state index < -0.39 is 17.0 Å². The molecule has 0 spiro atoms. The molecule has 1 aromatic heterocycles. The maximum absolute atomic E-state index is 12.6. The summed E-state index contributed by atoms with van der Waals surface area (Å²) in [5.74, 6) is -0.726. The monoisotopic (exact) mass is 457 g/mol. The van der Waals surface area contributed by atoms with Crippen molar-refractivity contribution in [1.82, 2.24) is 20.2 Å². The zero-order valence-electron chi connectivity index (χ0n) is 16.9. The molecule has 1 aliphatic heterocycles. The molecule has 13 heteroatoms. The first-order valence-corrected chi connectivity index (χ1v) is 9.89. The summed E-state index contributed by atoms with van der Waals surface area (Å²) in [6, 6.07) is 5.15. The standard InChI is InChI=1S/C19H22F3N5O5/c20-19(21,22)32-15-3-1-2-14(10-15)17(28)26-7-4-13(5-8-26)11-23-6-9-31-18-24-12-16(25-18)27(29)30/h1-3,10,12-13,23H,4-9,11H2,(H,24,25). The number of alkyl halides is 3. The first kappa shape index (κ1) is 23.3. The maximum Gasteiger partial charge on any atom is 0.573 e. The van der Waals surface area contributed by atoms with Gasteiger partial charge >= 0.3 is 18.2 Å². The van der Waals surface area contributed by atoms with Crippen molar-refractivity contribution in [2.75, 3.05) is 32.8 Å². The fraction of sp³-hybridized carbons (Fsp3) is 0.474. The number of carbonyl (C=O) groups excluding carboxylic acids is 1. The molecule has 2 heterocycles. The zero-order chi connectivity index (χ0) is 23.1. The van der Waals surface area contributed by atoms with Gasteiger partial charge in [0, 0.05) is 30.2 Å². The fourth-order valence-corrected chi connectivity index (χ4v) is 3.34. The van der Waals surface area contributed by atoms with E-state index in [1.165, 1.54) is 12.1 Å². The van der Waals surface area contributed by atoms with E-state index in [2.05, 4.69) is 20.0 Å². The molecule has 1 fully saturated rings. The highest BCUT2D eigenvalue weighted by molar-refractivity contribution is 5.94. The normalized spacial score (nSPS) is 14.9. The van der Waals surface area contributed by atoms with Crippen molar-refractivity contribution in [3.63, 3.8) is 0 Å². The van der Waals surface area contributed by atoms with Crippen LogP contribution < -0.4 is 14.8 Å². The number of ether oxygens (including phenoxy) is 2. The highest BCUT2D eigenvalue weighted by Crippen LogP contribution is 2.25. The summed E-state index contributed by atoms with van der Waals surface area (Å²) in [7, 11) is 0. The first-order chi connectivity index (χ1) is 15.2. The van der Waals surface area contributed by atoms with Crippen molar-refractivity contribution < 1.29 is 32.4 Å². The average Bonchev–Trinajstić information content (AvgIpc) is 3.22. The van der Waals surface area contributed by atoms with E-state index in [1.54, 1.807) is 4.90 Å². The van der Waals surface area contributed by atoms with Crippen LogP contribution in [0.2, 0.25) is 0 Å². The number of benzene rings is 1. The highest BCUT2D eigenvalue weighted by Gasteiger charge is 2.31. The minimum absolute atomic E-state index is 0.0787. The molecule has 0 bridgehead atoms. The number of likely N-dealkylation sites (tertiary alicyclic amines) is 1. The number of rotatable bonds is 9. The molecule has 1 amide bonds. The third kappa shape index (κ3) is 6.83. The number of aromatic amines is 1. The predicted molar refractivity (Wildman–Crippen MR) is 105 cm³/mol. The number of halogens is 3. The SMILES string of the molecule is O=C(c1cccc(OC(F)(F)F)c1)N1CCC(CNCCOc2nc([N+](=O)[O-])c[nH]2)CC1. The first-order valence-electron chi connectivity index (χ1n) is 9.89. The van der Waals surface area contributed by atoms with Crippen molar-refractivity contribution in [3.05, 3.63) is 46.1 Å². The summed E-state index contributed by atoms with van der Waals surface area (Å²) >= 11 is 0. The Hall–Kier alpha value is -3.35. The second kappa shape index (κ2) is 10.3. The van der Waals surface area contributed by atoms with E-state index >= 15 is 0 Å². The second-order valence-corrected chi connectivity index (χ2v) is 7.18. The zero-order valence-corrected chi connectivity index (χ0v) is 16.9. The Bertz CT molecular complexity index is 928. The Morgan fingerprint density at radius 2 is 2.09 bits per heavy atom. The van der Waals surface area contributed by atoms with Crippen molar-refractivity contribution >= 4 is 11.7 Å². The van der Waals surface area contributed by atoms with Crippen molar-refractivity contribution in [2.24, 2.45) is 5.92 Å². The minimum atomic E-state index is -4.81. The van der Waals surface area contributed by atoms with Gasteiger partial charge in [-0.3, -0.25) is 9.78 Å². The number of H-pyrrole nitrogens is 1. The lowest BCUT2D eigenvalue weighted by molar-refractivity contribution is -0.389. The van der Waals surface area contributed by atoms with Gasteiger partial charge in [-0.2, -0.15) is 0 Å². The Balaban J connectivity index is 1.36. The molecule has 10 nitrogen and oxygen atoms in total. The molecule has 1 saturated heterocycles. The van der Waals surface area contributed by atoms with Gasteiger partial charge in [-0.1, -0.05) is 6.07 Å². The number of nitro groups is 1. The van der Waals surface area contributed by atoms with Crippen LogP contribution >= 0.6 is 0 Å². The predicted octanol–water partition coefficient (Wildman–Crippen LogP) is 2.74. The van der Waals surface area contributed by atoms with Gasteiger partial charge in [0.25, 0.3) is 5.91 Å². The molecular weight excluding hydrogens is 435 g/mol. The molecule has 3 rings (SSSR count). The average molecular weight is 457 g/mol. The van der Waals surface area contributed by atoms with Gasteiger partial charge in [-0.15, -0.1) is 13.2 Å². The highest BCUT2D eigenvalue weighted by atomic mass is 19.4. The molecule has 0 unspecified atom stereocenters. The van der Waals surface area contributed by atoms with Crippen LogP contribution in [0.3, 0.4) is 0 Å². The number of piperidine rings is 1. The van der Waals surface area contributed by atoms with E-state index in [-0.39, 0.29) is 29.9 Å². The maximum atomic E-state index is 12.6. The van der Waals surface area contributed by atoms with Gasteiger partial charge in [0.05, 0.1) is 0 Å². The number of nitrogens with one attached hydrogen (secondary N) is 2. The number of aromatic nitrogens is 2. The summed E-state index contributed by atoms with van der Waals surface area (Å²) in [5.41, 5.74) is 0.152. The quantitative estimate of drug-likeness (QED) is 0.337. The number of imidazole rings is 1. The van der Waals surface area contributed by atoms with E-state index in [0.29, 0.717) is 32.1 Å². The van der Waals surface area contributed by atoms with Gasteiger partial charge < -0.3 is 29.8 Å². The van der Waals surface area contributed by atoms with Gasteiger partial charge in [-0.25, -0.2) is 0 Å². The van der Waals surface area contributed by atoms with Crippen molar-refractivity contribution in [3.8, 4) is 11.8 Å².